The Morgan fingerprint density at radius 2 is 1.86 bits per heavy atom. The number of benzene rings is 2. The van der Waals surface area contributed by atoms with Gasteiger partial charge in [-0.15, -0.1) is 0 Å². The SMILES string of the molecule is O=C(NCc1ccccc1F)c1cc([N+](=O)[O-])ccc1F. The molecule has 0 radical (unpaired) electrons. The summed E-state index contributed by atoms with van der Waals surface area (Å²) < 4.78 is 26.9. The molecule has 2 rings (SSSR count). The van der Waals surface area contributed by atoms with E-state index in [2.05, 4.69) is 5.32 Å². The minimum Gasteiger partial charge on any atom is -0.348 e. The van der Waals surface area contributed by atoms with Gasteiger partial charge in [-0.1, -0.05) is 18.2 Å². The van der Waals surface area contributed by atoms with Crippen molar-refractivity contribution in [1.82, 2.24) is 5.32 Å². The fraction of sp³-hybridized carbons (Fsp3) is 0.0714. The maximum Gasteiger partial charge on any atom is 0.270 e. The Balaban J connectivity index is 2.15. The lowest BCUT2D eigenvalue weighted by Crippen LogP contribution is -2.24. The second-order valence-corrected chi connectivity index (χ2v) is 4.20. The van der Waals surface area contributed by atoms with Crippen molar-refractivity contribution in [2.45, 2.75) is 6.54 Å². The van der Waals surface area contributed by atoms with Gasteiger partial charge < -0.3 is 5.32 Å². The van der Waals surface area contributed by atoms with Gasteiger partial charge in [0.15, 0.2) is 0 Å². The highest BCUT2D eigenvalue weighted by atomic mass is 19.1. The number of hydrogen-bond acceptors (Lipinski definition) is 3. The Morgan fingerprint density at radius 1 is 1.14 bits per heavy atom. The van der Waals surface area contributed by atoms with Crippen LogP contribution in [0.15, 0.2) is 42.5 Å². The van der Waals surface area contributed by atoms with Crippen LogP contribution >= 0.6 is 0 Å². The van der Waals surface area contributed by atoms with E-state index in [1.807, 2.05) is 0 Å². The standard InChI is InChI=1S/C14H10F2N2O3/c15-12-4-2-1-3-9(12)8-17-14(19)11-7-10(18(20)21)5-6-13(11)16/h1-7H,8H2,(H,17,19). The van der Waals surface area contributed by atoms with E-state index in [-0.39, 0.29) is 12.1 Å². The lowest BCUT2D eigenvalue weighted by molar-refractivity contribution is -0.384. The van der Waals surface area contributed by atoms with Crippen molar-refractivity contribution in [3.05, 3.63) is 75.3 Å². The van der Waals surface area contributed by atoms with Gasteiger partial charge in [-0.25, -0.2) is 8.78 Å². The van der Waals surface area contributed by atoms with Crippen LogP contribution in [0.1, 0.15) is 15.9 Å². The number of nitrogens with one attached hydrogen (secondary N) is 1. The van der Waals surface area contributed by atoms with Gasteiger partial charge in [-0.05, 0) is 12.1 Å². The molecule has 0 saturated carbocycles. The zero-order valence-corrected chi connectivity index (χ0v) is 10.7. The average Bonchev–Trinajstić information content (AvgIpc) is 2.46. The van der Waals surface area contributed by atoms with E-state index in [1.54, 1.807) is 6.07 Å². The van der Waals surface area contributed by atoms with Crippen molar-refractivity contribution in [3.63, 3.8) is 0 Å². The third kappa shape index (κ3) is 3.38. The van der Waals surface area contributed by atoms with Gasteiger partial charge >= 0.3 is 0 Å². The summed E-state index contributed by atoms with van der Waals surface area (Å²) in [5.74, 6) is -2.23. The van der Waals surface area contributed by atoms with Crippen LogP contribution in [0.3, 0.4) is 0 Å². The molecule has 5 nitrogen and oxygen atoms in total. The molecule has 1 amide bonds. The molecule has 7 heteroatoms. The van der Waals surface area contributed by atoms with Crippen LogP contribution in [-0.4, -0.2) is 10.8 Å². The Morgan fingerprint density at radius 3 is 2.52 bits per heavy atom. The first-order valence-corrected chi connectivity index (χ1v) is 5.94. The molecule has 1 N–H and O–H groups in total. The number of nitrogens with zero attached hydrogens (tertiary/aromatic N) is 1. The predicted octanol–water partition coefficient (Wildman–Crippen LogP) is 2.80. The maximum absolute atomic E-state index is 13.5. The van der Waals surface area contributed by atoms with Crippen molar-refractivity contribution in [2.24, 2.45) is 0 Å². The normalized spacial score (nSPS) is 10.2. The van der Waals surface area contributed by atoms with Gasteiger partial charge in [-0.2, -0.15) is 0 Å². The molecule has 2 aromatic rings. The van der Waals surface area contributed by atoms with Crippen molar-refractivity contribution in [2.75, 3.05) is 0 Å². The number of carbonyl (C=O) groups is 1. The van der Waals surface area contributed by atoms with E-state index in [0.717, 1.165) is 18.2 Å². The first-order chi connectivity index (χ1) is 9.99. The summed E-state index contributed by atoms with van der Waals surface area (Å²) in [6.07, 6.45) is 0. The fourth-order valence-electron chi connectivity index (χ4n) is 1.71. The monoisotopic (exact) mass is 292 g/mol. The molecule has 2 aromatic carbocycles. The molecule has 108 valence electrons. The molecular weight excluding hydrogens is 282 g/mol. The summed E-state index contributed by atoms with van der Waals surface area (Å²) in [5, 5.41) is 12.9. The molecule has 0 bridgehead atoms. The van der Waals surface area contributed by atoms with Crippen molar-refractivity contribution < 1.29 is 18.5 Å². The van der Waals surface area contributed by atoms with Gasteiger partial charge in [0.2, 0.25) is 0 Å². The number of nitro groups is 1. The number of hydrogen-bond donors (Lipinski definition) is 1. The average molecular weight is 292 g/mol. The van der Waals surface area contributed by atoms with E-state index in [0.29, 0.717) is 0 Å². The highest BCUT2D eigenvalue weighted by Gasteiger charge is 2.17. The van der Waals surface area contributed by atoms with Crippen LogP contribution in [0.2, 0.25) is 0 Å². The molecule has 0 fully saturated rings. The number of amides is 1. The van der Waals surface area contributed by atoms with Crippen molar-refractivity contribution in [3.8, 4) is 0 Å². The minimum atomic E-state index is -0.883. The maximum atomic E-state index is 13.5. The van der Waals surface area contributed by atoms with Crippen LogP contribution < -0.4 is 5.32 Å². The van der Waals surface area contributed by atoms with Crippen molar-refractivity contribution in [1.29, 1.82) is 0 Å². The third-order valence-electron chi connectivity index (χ3n) is 2.80. The molecule has 0 heterocycles. The summed E-state index contributed by atoms with van der Waals surface area (Å²) in [4.78, 5) is 21.7. The smallest absolute Gasteiger partial charge is 0.270 e. The molecule has 0 aliphatic heterocycles. The number of non-ortho nitro benzene ring substituents is 1. The van der Waals surface area contributed by atoms with Gasteiger partial charge in [0.1, 0.15) is 11.6 Å². The van der Waals surface area contributed by atoms with E-state index in [4.69, 9.17) is 0 Å². The first kappa shape index (κ1) is 14.6. The Hall–Kier alpha value is -2.83. The topological polar surface area (TPSA) is 72.2 Å². The minimum absolute atomic E-state index is 0.145. The molecule has 0 aromatic heterocycles. The van der Waals surface area contributed by atoms with E-state index >= 15 is 0 Å². The summed E-state index contributed by atoms with van der Waals surface area (Å²) >= 11 is 0. The molecule has 0 aliphatic rings. The molecule has 0 aliphatic carbocycles. The second kappa shape index (κ2) is 6.08. The van der Waals surface area contributed by atoms with Gasteiger partial charge in [0, 0.05) is 24.2 Å². The van der Waals surface area contributed by atoms with Crippen LogP contribution in [0, 0.1) is 21.7 Å². The number of carbonyl (C=O) groups excluding carboxylic acids is 1. The van der Waals surface area contributed by atoms with Crippen LogP contribution in [0.25, 0.3) is 0 Å². The molecular formula is C14H10F2N2O3. The second-order valence-electron chi connectivity index (χ2n) is 4.20. The molecule has 0 unspecified atom stereocenters. The van der Waals surface area contributed by atoms with Gasteiger partial charge in [-0.3, -0.25) is 14.9 Å². The fourth-order valence-corrected chi connectivity index (χ4v) is 1.71. The number of rotatable bonds is 4. The highest BCUT2D eigenvalue weighted by Crippen LogP contribution is 2.17. The zero-order chi connectivity index (χ0) is 15.4. The van der Waals surface area contributed by atoms with E-state index in [9.17, 15) is 23.7 Å². The lowest BCUT2D eigenvalue weighted by atomic mass is 10.1. The molecule has 0 saturated heterocycles. The van der Waals surface area contributed by atoms with Crippen LogP contribution in [-0.2, 0) is 6.54 Å². The largest absolute Gasteiger partial charge is 0.348 e. The number of halogens is 2. The quantitative estimate of drug-likeness (QED) is 0.695. The Labute approximate surface area is 118 Å². The Kier molecular flexibility index (Phi) is 4.22. The van der Waals surface area contributed by atoms with Crippen LogP contribution in [0.4, 0.5) is 14.5 Å². The van der Waals surface area contributed by atoms with Crippen molar-refractivity contribution >= 4 is 11.6 Å². The van der Waals surface area contributed by atoms with E-state index < -0.39 is 33.7 Å². The first-order valence-electron chi connectivity index (χ1n) is 5.94. The van der Waals surface area contributed by atoms with Gasteiger partial charge in [0.25, 0.3) is 11.6 Å². The summed E-state index contributed by atoms with van der Waals surface area (Å²) in [7, 11) is 0. The molecule has 21 heavy (non-hydrogen) atoms. The van der Waals surface area contributed by atoms with Gasteiger partial charge in [0.05, 0.1) is 10.5 Å². The summed E-state index contributed by atoms with van der Waals surface area (Å²) in [6, 6.07) is 8.44. The number of nitro benzene ring substituents is 1. The summed E-state index contributed by atoms with van der Waals surface area (Å²) in [5.41, 5.74) is -0.621. The van der Waals surface area contributed by atoms with E-state index in [1.165, 1.54) is 18.2 Å². The zero-order valence-electron chi connectivity index (χ0n) is 10.7. The summed E-state index contributed by atoms with van der Waals surface area (Å²) in [6.45, 7) is -0.145. The Bertz CT molecular complexity index is 704. The molecule has 0 atom stereocenters. The highest BCUT2D eigenvalue weighted by molar-refractivity contribution is 5.95. The third-order valence-corrected chi connectivity index (χ3v) is 2.80. The lowest BCUT2D eigenvalue weighted by Gasteiger charge is -2.07. The predicted molar refractivity (Wildman–Crippen MR) is 70.6 cm³/mol. The molecule has 0 spiro atoms. The van der Waals surface area contributed by atoms with Crippen LogP contribution in [0.5, 0.6) is 0 Å².